The standard InChI is InChI=1S/C30H38BrN3O2/c31-26-11-9-24(10-12-26)23-34-22-16-30(29(34)36)14-20-32(21-15-30)19-13-27(25-7-3-1-4-8-25)28(35)33-17-5-2-6-18-33/h1,3-4,7-12,27H,2,5-6,13-23H2. The van der Waals surface area contributed by atoms with Crippen molar-refractivity contribution in [3.05, 3.63) is 70.2 Å². The highest BCUT2D eigenvalue weighted by Gasteiger charge is 2.47. The van der Waals surface area contributed by atoms with Gasteiger partial charge < -0.3 is 14.7 Å². The van der Waals surface area contributed by atoms with E-state index in [0.717, 1.165) is 87.8 Å². The fourth-order valence-corrected chi connectivity index (χ4v) is 6.55. The Morgan fingerprint density at radius 3 is 2.22 bits per heavy atom. The maximum absolute atomic E-state index is 13.5. The van der Waals surface area contributed by atoms with Crippen molar-refractivity contribution < 1.29 is 9.59 Å². The third-order valence-electron chi connectivity index (χ3n) is 8.60. The topological polar surface area (TPSA) is 43.9 Å². The molecule has 3 heterocycles. The Hall–Kier alpha value is -2.18. The summed E-state index contributed by atoms with van der Waals surface area (Å²) in [4.78, 5) is 33.5. The van der Waals surface area contributed by atoms with Crippen LogP contribution in [0.15, 0.2) is 59.1 Å². The molecule has 6 heteroatoms. The Morgan fingerprint density at radius 1 is 0.861 bits per heavy atom. The van der Waals surface area contributed by atoms with Crippen LogP contribution in [-0.2, 0) is 16.1 Å². The van der Waals surface area contributed by atoms with Gasteiger partial charge in [-0.1, -0.05) is 58.4 Å². The van der Waals surface area contributed by atoms with Gasteiger partial charge in [-0.15, -0.1) is 0 Å². The maximum atomic E-state index is 13.5. The normalized spacial score (nSPS) is 21.2. The molecule has 3 fully saturated rings. The highest BCUT2D eigenvalue weighted by Crippen LogP contribution is 2.42. The molecule has 1 spiro atoms. The van der Waals surface area contributed by atoms with E-state index in [1.165, 1.54) is 12.0 Å². The predicted octanol–water partition coefficient (Wildman–Crippen LogP) is 5.45. The van der Waals surface area contributed by atoms with E-state index in [9.17, 15) is 9.59 Å². The first-order valence-corrected chi connectivity index (χ1v) is 14.4. The van der Waals surface area contributed by atoms with E-state index >= 15 is 0 Å². The molecular formula is C30H38BrN3O2. The molecule has 192 valence electrons. The lowest BCUT2D eigenvalue weighted by atomic mass is 9.77. The van der Waals surface area contributed by atoms with Crippen LogP contribution in [0.2, 0.25) is 0 Å². The van der Waals surface area contributed by atoms with Gasteiger partial charge in [-0.3, -0.25) is 9.59 Å². The Labute approximate surface area is 224 Å². The van der Waals surface area contributed by atoms with E-state index in [-0.39, 0.29) is 11.3 Å². The molecule has 3 aliphatic heterocycles. The first-order chi connectivity index (χ1) is 17.5. The molecule has 2 amide bonds. The highest BCUT2D eigenvalue weighted by molar-refractivity contribution is 9.10. The quantitative estimate of drug-likeness (QED) is 0.459. The van der Waals surface area contributed by atoms with Gasteiger partial charge in [0, 0.05) is 30.7 Å². The van der Waals surface area contributed by atoms with Gasteiger partial charge in [0.1, 0.15) is 0 Å². The molecular weight excluding hydrogens is 514 g/mol. The van der Waals surface area contributed by atoms with E-state index < -0.39 is 0 Å². The summed E-state index contributed by atoms with van der Waals surface area (Å²) >= 11 is 3.49. The Balaban J connectivity index is 1.16. The molecule has 0 bridgehead atoms. The van der Waals surface area contributed by atoms with Crippen LogP contribution in [0.25, 0.3) is 0 Å². The number of rotatable bonds is 7. The van der Waals surface area contributed by atoms with Crippen molar-refractivity contribution in [1.82, 2.24) is 14.7 Å². The maximum Gasteiger partial charge on any atom is 0.230 e. The lowest BCUT2D eigenvalue weighted by molar-refractivity contribution is -0.138. The van der Waals surface area contributed by atoms with Crippen LogP contribution < -0.4 is 0 Å². The van der Waals surface area contributed by atoms with Gasteiger partial charge in [0.25, 0.3) is 0 Å². The predicted molar refractivity (Wildman–Crippen MR) is 147 cm³/mol. The number of amides is 2. The van der Waals surface area contributed by atoms with Crippen molar-refractivity contribution in [3.63, 3.8) is 0 Å². The summed E-state index contributed by atoms with van der Waals surface area (Å²) < 4.78 is 1.06. The van der Waals surface area contributed by atoms with Crippen LogP contribution in [0, 0.1) is 5.41 Å². The third-order valence-corrected chi connectivity index (χ3v) is 9.13. The zero-order chi connectivity index (χ0) is 25.0. The summed E-state index contributed by atoms with van der Waals surface area (Å²) in [5.41, 5.74) is 2.14. The molecule has 1 unspecified atom stereocenters. The fourth-order valence-electron chi connectivity index (χ4n) is 6.29. The molecule has 3 aliphatic rings. The van der Waals surface area contributed by atoms with Crippen LogP contribution in [0.3, 0.4) is 0 Å². The number of hydrogen-bond acceptors (Lipinski definition) is 3. The number of carbonyl (C=O) groups excluding carboxylic acids is 2. The smallest absolute Gasteiger partial charge is 0.230 e. The van der Waals surface area contributed by atoms with Crippen molar-refractivity contribution >= 4 is 27.7 Å². The zero-order valence-electron chi connectivity index (χ0n) is 21.2. The number of benzene rings is 2. The molecule has 0 aliphatic carbocycles. The van der Waals surface area contributed by atoms with Crippen LogP contribution in [-0.4, -0.2) is 65.8 Å². The van der Waals surface area contributed by atoms with Crippen molar-refractivity contribution in [3.8, 4) is 0 Å². The van der Waals surface area contributed by atoms with E-state index in [2.05, 4.69) is 54.9 Å². The summed E-state index contributed by atoms with van der Waals surface area (Å²) in [5.74, 6) is 0.561. The average Bonchev–Trinajstić information content (AvgIpc) is 3.22. The van der Waals surface area contributed by atoms with Gasteiger partial charge in [0.15, 0.2) is 0 Å². The molecule has 0 aromatic heterocycles. The molecule has 2 aromatic carbocycles. The van der Waals surface area contributed by atoms with Gasteiger partial charge in [0.05, 0.1) is 11.3 Å². The lowest BCUT2D eigenvalue weighted by Gasteiger charge is -2.38. The Kier molecular flexibility index (Phi) is 8.12. The summed E-state index contributed by atoms with van der Waals surface area (Å²) in [5, 5.41) is 0. The van der Waals surface area contributed by atoms with Gasteiger partial charge in [-0.05, 0) is 87.8 Å². The monoisotopic (exact) mass is 551 g/mol. The molecule has 5 rings (SSSR count). The number of halogens is 1. The van der Waals surface area contributed by atoms with Gasteiger partial charge in [0.2, 0.25) is 11.8 Å². The van der Waals surface area contributed by atoms with E-state index in [4.69, 9.17) is 0 Å². The van der Waals surface area contributed by atoms with Gasteiger partial charge in [-0.25, -0.2) is 0 Å². The van der Waals surface area contributed by atoms with E-state index in [1.54, 1.807) is 0 Å². The van der Waals surface area contributed by atoms with Crippen LogP contribution in [0.4, 0.5) is 0 Å². The van der Waals surface area contributed by atoms with Crippen molar-refractivity contribution in [1.29, 1.82) is 0 Å². The molecule has 2 aromatic rings. The average molecular weight is 553 g/mol. The highest BCUT2D eigenvalue weighted by atomic mass is 79.9. The van der Waals surface area contributed by atoms with E-state index in [0.29, 0.717) is 18.4 Å². The number of piperidine rings is 2. The van der Waals surface area contributed by atoms with Crippen molar-refractivity contribution in [2.75, 3.05) is 39.3 Å². The molecule has 0 radical (unpaired) electrons. The first-order valence-electron chi connectivity index (χ1n) is 13.6. The second-order valence-corrected chi connectivity index (χ2v) is 11.8. The zero-order valence-corrected chi connectivity index (χ0v) is 22.8. The van der Waals surface area contributed by atoms with E-state index in [1.807, 2.05) is 30.3 Å². The van der Waals surface area contributed by atoms with Crippen LogP contribution >= 0.6 is 15.9 Å². The summed E-state index contributed by atoms with van der Waals surface area (Å²) in [7, 11) is 0. The minimum absolute atomic E-state index is 0.0744. The molecule has 1 atom stereocenters. The first kappa shape index (κ1) is 25.5. The fraction of sp³-hybridized carbons (Fsp3) is 0.533. The molecule has 3 saturated heterocycles. The minimum atomic E-state index is -0.186. The van der Waals surface area contributed by atoms with Gasteiger partial charge in [-0.2, -0.15) is 0 Å². The van der Waals surface area contributed by atoms with Gasteiger partial charge >= 0.3 is 0 Å². The number of nitrogens with zero attached hydrogens (tertiary/aromatic N) is 3. The minimum Gasteiger partial charge on any atom is -0.342 e. The number of likely N-dealkylation sites (tertiary alicyclic amines) is 3. The van der Waals surface area contributed by atoms with Crippen molar-refractivity contribution in [2.24, 2.45) is 5.41 Å². The SMILES string of the molecule is O=C(C(CCN1CCC2(CC1)CCN(Cc1ccc(Br)cc1)C2=O)c1ccccc1)N1CCCCC1. The molecule has 36 heavy (non-hydrogen) atoms. The second kappa shape index (κ2) is 11.5. The summed E-state index contributed by atoms with van der Waals surface area (Å²) in [6.45, 7) is 6.14. The number of carbonyl (C=O) groups is 2. The second-order valence-electron chi connectivity index (χ2n) is 10.9. The summed E-state index contributed by atoms with van der Waals surface area (Å²) in [6.07, 6.45) is 7.14. The molecule has 0 saturated carbocycles. The summed E-state index contributed by atoms with van der Waals surface area (Å²) in [6, 6.07) is 18.6. The third kappa shape index (κ3) is 5.70. The lowest BCUT2D eigenvalue weighted by Crippen LogP contribution is -2.45. The van der Waals surface area contributed by atoms with Crippen LogP contribution in [0.1, 0.15) is 62.0 Å². The molecule has 0 N–H and O–H groups in total. The largest absolute Gasteiger partial charge is 0.342 e. The van der Waals surface area contributed by atoms with Crippen molar-refractivity contribution in [2.45, 2.75) is 57.4 Å². The Morgan fingerprint density at radius 2 is 1.53 bits per heavy atom. The Bertz CT molecular complexity index is 1030. The van der Waals surface area contributed by atoms with Crippen LogP contribution in [0.5, 0.6) is 0 Å². The number of hydrogen-bond donors (Lipinski definition) is 0. The molecule has 5 nitrogen and oxygen atoms in total.